The van der Waals surface area contributed by atoms with Crippen molar-refractivity contribution in [2.45, 2.75) is 6.54 Å². The maximum absolute atomic E-state index is 4.50. The van der Waals surface area contributed by atoms with Crippen LogP contribution in [0.15, 0.2) is 24.5 Å². The van der Waals surface area contributed by atoms with Crippen molar-refractivity contribution in [1.82, 2.24) is 24.8 Å². The normalized spacial score (nSPS) is 18.0. The SMILES string of the molecule is c1cnc2cc(CN3CCNCC3)nn2c1. The zero-order valence-electron chi connectivity index (χ0n) is 9.13. The third-order valence-corrected chi connectivity index (χ3v) is 2.88. The molecule has 3 rings (SSSR count). The zero-order chi connectivity index (χ0) is 10.8. The summed E-state index contributed by atoms with van der Waals surface area (Å²) in [4.78, 5) is 6.68. The number of fused-ring (bicyclic) bond motifs is 1. The van der Waals surface area contributed by atoms with Crippen molar-refractivity contribution in [3.63, 3.8) is 0 Å². The van der Waals surface area contributed by atoms with Crippen LogP contribution in [0.3, 0.4) is 0 Å². The summed E-state index contributed by atoms with van der Waals surface area (Å²) in [6, 6.07) is 3.95. The molecule has 0 aromatic carbocycles. The van der Waals surface area contributed by atoms with Gasteiger partial charge in [0.1, 0.15) is 0 Å². The Hall–Kier alpha value is -1.46. The molecule has 84 valence electrons. The number of piperazine rings is 1. The van der Waals surface area contributed by atoms with Crippen molar-refractivity contribution in [3.8, 4) is 0 Å². The second-order valence-corrected chi connectivity index (χ2v) is 4.08. The number of nitrogens with zero attached hydrogens (tertiary/aromatic N) is 4. The monoisotopic (exact) mass is 217 g/mol. The number of nitrogens with one attached hydrogen (secondary N) is 1. The van der Waals surface area contributed by atoms with E-state index < -0.39 is 0 Å². The van der Waals surface area contributed by atoms with Crippen molar-refractivity contribution in [1.29, 1.82) is 0 Å². The zero-order valence-corrected chi connectivity index (χ0v) is 9.13. The van der Waals surface area contributed by atoms with Gasteiger partial charge in [-0.25, -0.2) is 9.50 Å². The lowest BCUT2D eigenvalue weighted by Gasteiger charge is -2.26. The smallest absolute Gasteiger partial charge is 0.155 e. The fourth-order valence-electron chi connectivity index (χ4n) is 2.05. The third kappa shape index (κ3) is 1.91. The van der Waals surface area contributed by atoms with E-state index in [-0.39, 0.29) is 0 Å². The molecule has 0 spiro atoms. The summed E-state index contributed by atoms with van der Waals surface area (Å²) in [5, 5.41) is 7.85. The highest BCUT2D eigenvalue weighted by Gasteiger charge is 2.11. The van der Waals surface area contributed by atoms with Crippen LogP contribution in [0.2, 0.25) is 0 Å². The van der Waals surface area contributed by atoms with Gasteiger partial charge in [0.25, 0.3) is 0 Å². The van der Waals surface area contributed by atoms with Crippen LogP contribution in [0, 0.1) is 0 Å². The Bertz CT molecular complexity index is 439. The minimum Gasteiger partial charge on any atom is -0.314 e. The fraction of sp³-hybridized carbons (Fsp3) is 0.455. The summed E-state index contributed by atoms with van der Waals surface area (Å²) < 4.78 is 1.83. The molecule has 2 aromatic rings. The molecule has 1 N–H and O–H groups in total. The van der Waals surface area contributed by atoms with E-state index >= 15 is 0 Å². The van der Waals surface area contributed by atoms with Crippen LogP contribution >= 0.6 is 0 Å². The Morgan fingerprint density at radius 2 is 2.19 bits per heavy atom. The van der Waals surface area contributed by atoms with Crippen molar-refractivity contribution in [2.75, 3.05) is 26.2 Å². The Morgan fingerprint density at radius 1 is 1.31 bits per heavy atom. The van der Waals surface area contributed by atoms with E-state index in [9.17, 15) is 0 Å². The van der Waals surface area contributed by atoms with Gasteiger partial charge in [-0.1, -0.05) is 0 Å². The Balaban J connectivity index is 1.78. The van der Waals surface area contributed by atoms with Crippen LogP contribution in [0.25, 0.3) is 5.65 Å². The summed E-state index contributed by atoms with van der Waals surface area (Å²) in [7, 11) is 0. The van der Waals surface area contributed by atoms with E-state index in [0.717, 1.165) is 44.1 Å². The molecule has 1 aliphatic rings. The molecule has 0 atom stereocenters. The molecular weight excluding hydrogens is 202 g/mol. The van der Waals surface area contributed by atoms with Crippen LogP contribution in [0.5, 0.6) is 0 Å². The Kier molecular flexibility index (Phi) is 2.55. The van der Waals surface area contributed by atoms with E-state index in [4.69, 9.17) is 0 Å². The third-order valence-electron chi connectivity index (χ3n) is 2.88. The molecule has 3 heterocycles. The lowest BCUT2D eigenvalue weighted by Crippen LogP contribution is -2.42. The summed E-state index contributed by atoms with van der Waals surface area (Å²) in [5.74, 6) is 0. The molecule has 16 heavy (non-hydrogen) atoms. The maximum Gasteiger partial charge on any atom is 0.155 e. The van der Waals surface area contributed by atoms with Gasteiger partial charge in [-0.05, 0) is 6.07 Å². The Morgan fingerprint density at radius 3 is 3.00 bits per heavy atom. The predicted octanol–water partition coefficient (Wildman–Crippen LogP) is 0.134. The van der Waals surface area contributed by atoms with E-state index in [2.05, 4.69) is 26.4 Å². The molecule has 0 aliphatic carbocycles. The van der Waals surface area contributed by atoms with Crippen LogP contribution in [-0.2, 0) is 6.54 Å². The van der Waals surface area contributed by atoms with Gasteiger partial charge in [0.2, 0.25) is 0 Å². The van der Waals surface area contributed by atoms with Crippen LogP contribution in [-0.4, -0.2) is 45.7 Å². The first-order chi connectivity index (χ1) is 7.92. The lowest BCUT2D eigenvalue weighted by atomic mass is 10.3. The number of rotatable bonds is 2. The second kappa shape index (κ2) is 4.19. The molecule has 1 aliphatic heterocycles. The molecule has 1 fully saturated rings. The first-order valence-electron chi connectivity index (χ1n) is 5.64. The van der Waals surface area contributed by atoms with Gasteiger partial charge in [0.05, 0.1) is 5.69 Å². The van der Waals surface area contributed by atoms with E-state index in [1.165, 1.54) is 0 Å². The number of aromatic nitrogens is 3. The van der Waals surface area contributed by atoms with E-state index in [1.807, 2.05) is 16.8 Å². The van der Waals surface area contributed by atoms with Gasteiger partial charge in [0.15, 0.2) is 5.65 Å². The van der Waals surface area contributed by atoms with Gasteiger partial charge in [-0.3, -0.25) is 4.90 Å². The fourth-order valence-corrected chi connectivity index (χ4v) is 2.05. The van der Waals surface area contributed by atoms with Gasteiger partial charge in [-0.15, -0.1) is 0 Å². The predicted molar refractivity (Wildman–Crippen MR) is 61.1 cm³/mol. The minimum atomic E-state index is 0.922. The highest BCUT2D eigenvalue weighted by atomic mass is 15.3. The average molecular weight is 217 g/mol. The standard InChI is InChI=1S/C11H15N5/c1-2-13-11-8-10(14-16(11)5-1)9-15-6-3-12-4-7-15/h1-2,5,8,12H,3-4,6-7,9H2. The van der Waals surface area contributed by atoms with Crippen molar-refractivity contribution < 1.29 is 0 Å². The minimum absolute atomic E-state index is 0.922. The second-order valence-electron chi connectivity index (χ2n) is 4.08. The summed E-state index contributed by atoms with van der Waals surface area (Å²) in [6.45, 7) is 5.27. The summed E-state index contributed by atoms with van der Waals surface area (Å²) in [6.07, 6.45) is 3.73. The summed E-state index contributed by atoms with van der Waals surface area (Å²) >= 11 is 0. The molecular formula is C11H15N5. The van der Waals surface area contributed by atoms with Crippen molar-refractivity contribution >= 4 is 5.65 Å². The number of hydrogen-bond acceptors (Lipinski definition) is 4. The molecule has 2 aromatic heterocycles. The van der Waals surface area contributed by atoms with Crippen molar-refractivity contribution in [3.05, 3.63) is 30.2 Å². The topological polar surface area (TPSA) is 45.5 Å². The van der Waals surface area contributed by atoms with E-state index in [1.54, 1.807) is 6.20 Å². The molecule has 0 amide bonds. The van der Waals surface area contributed by atoms with Gasteiger partial charge in [0, 0.05) is 51.2 Å². The maximum atomic E-state index is 4.50. The van der Waals surface area contributed by atoms with Crippen LogP contribution in [0.1, 0.15) is 5.69 Å². The van der Waals surface area contributed by atoms with Gasteiger partial charge >= 0.3 is 0 Å². The average Bonchev–Trinajstić information content (AvgIpc) is 2.72. The molecule has 0 unspecified atom stereocenters. The van der Waals surface area contributed by atoms with Crippen molar-refractivity contribution in [2.24, 2.45) is 0 Å². The van der Waals surface area contributed by atoms with Gasteiger partial charge in [-0.2, -0.15) is 5.10 Å². The molecule has 1 saturated heterocycles. The molecule has 5 heteroatoms. The first-order valence-corrected chi connectivity index (χ1v) is 5.64. The summed E-state index contributed by atoms with van der Waals surface area (Å²) in [5.41, 5.74) is 2.02. The highest BCUT2D eigenvalue weighted by molar-refractivity contribution is 5.38. The van der Waals surface area contributed by atoms with Gasteiger partial charge < -0.3 is 5.32 Å². The number of hydrogen-bond donors (Lipinski definition) is 1. The molecule has 0 radical (unpaired) electrons. The molecule has 5 nitrogen and oxygen atoms in total. The van der Waals surface area contributed by atoms with Crippen LogP contribution < -0.4 is 5.32 Å². The molecule has 0 saturated carbocycles. The quantitative estimate of drug-likeness (QED) is 0.777. The highest BCUT2D eigenvalue weighted by Crippen LogP contribution is 2.06. The Labute approximate surface area is 94.1 Å². The van der Waals surface area contributed by atoms with Crippen LogP contribution in [0.4, 0.5) is 0 Å². The largest absolute Gasteiger partial charge is 0.314 e. The van der Waals surface area contributed by atoms with E-state index in [0.29, 0.717) is 0 Å². The lowest BCUT2D eigenvalue weighted by molar-refractivity contribution is 0.230. The molecule has 0 bridgehead atoms. The first kappa shape index (κ1) is 9.74.